The van der Waals surface area contributed by atoms with E-state index in [0.717, 1.165) is 25.7 Å². The number of ether oxygens (including phenoxy) is 1. The van der Waals surface area contributed by atoms with Crippen LogP contribution < -0.4 is 10.1 Å². The van der Waals surface area contributed by atoms with Gasteiger partial charge in [-0.1, -0.05) is 31.5 Å². The van der Waals surface area contributed by atoms with Crippen LogP contribution in [0.1, 0.15) is 81.5 Å². The van der Waals surface area contributed by atoms with Gasteiger partial charge < -0.3 is 20.3 Å². The Morgan fingerprint density at radius 2 is 1.97 bits per heavy atom. The van der Waals surface area contributed by atoms with Gasteiger partial charge in [-0.05, 0) is 74.5 Å². The van der Waals surface area contributed by atoms with Crippen molar-refractivity contribution >= 4 is 17.5 Å². The van der Waals surface area contributed by atoms with E-state index in [1.807, 2.05) is 6.92 Å². The summed E-state index contributed by atoms with van der Waals surface area (Å²) in [6, 6.07) is 4.62. The molecule has 0 bridgehead atoms. The number of hydrogen-bond acceptors (Lipinski definition) is 5. The molecule has 3 N–H and O–H groups in total. The largest absolute Gasteiger partial charge is 0.434 e. The van der Waals surface area contributed by atoms with Crippen molar-refractivity contribution in [2.45, 2.75) is 84.2 Å². The van der Waals surface area contributed by atoms with Crippen LogP contribution in [0.25, 0.3) is 11.3 Å². The number of amides is 1. The van der Waals surface area contributed by atoms with Gasteiger partial charge in [0.25, 0.3) is 5.91 Å². The zero-order valence-corrected chi connectivity index (χ0v) is 21.6. The van der Waals surface area contributed by atoms with Gasteiger partial charge in [-0.3, -0.25) is 9.48 Å². The van der Waals surface area contributed by atoms with E-state index in [1.54, 1.807) is 19.1 Å². The highest BCUT2D eigenvalue weighted by atomic mass is 35.5. The Morgan fingerprint density at radius 3 is 2.56 bits per heavy atom. The quantitative estimate of drug-likeness (QED) is 0.411. The van der Waals surface area contributed by atoms with Crippen molar-refractivity contribution in [2.75, 3.05) is 6.54 Å². The summed E-state index contributed by atoms with van der Waals surface area (Å²) in [5.41, 5.74) is -0.329. The van der Waals surface area contributed by atoms with Gasteiger partial charge in [-0.15, -0.1) is 0 Å². The molecule has 1 heterocycles. The molecule has 1 aromatic carbocycles. The molecule has 1 aromatic heterocycles. The molecule has 0 unspecified atom stereocenters. The summed E-state index contributed by atoms with van der Waals surface area (Å²) < 4.78 is 32.9. The molecule has 0 aliphatic heterocycles. The van der Waals surface area contributed by atoms with Crippen molar-refractivity contribution in [1.29, 1.82) is 0 Å². The number of aliphatic hydroxyl groups excluding tert-OH is 1. The van der Waals surface area contributed by atoms with Crippen LogP contribution in [0.2, 0.25) is 5.02 Å². The van der Waals surface area contributed by atoms with E-state index in [1.165, 1.54) is 10.7 Å². The minimum atomic E-state index is -3.09. The molecule has 2 aromatic rings. The lowest BCUT2D eigenvalue weighted by atomic mass is 9.79. The third-order valence-corrected chi connectivity index (χ3v) is 8.04. The minimum Gasteiger partial charge on any atom is -0.434 e. The molecule has 2 aliphatic rings. The number of alkyl halides is 2. The van der Waals surface area contributed by atoms with Gasteiger partial charge in [0.2, 0.25) is 0 Å². The summed E-state index contributed by atoms with van der Waals surface area (Å²) >= 11 is 6.61. The summed E-state index contributed by atoms with van der Waals surface area (Å²) in [7, 11) is 0. The summed E-state index contributed by atoms with van der Waals surface area (Å²) in [5, 5.41) is 28.6. The molecule has 2 saturated carbocycles. The van der Waals surface area contributed by atoms with E-state index in [0.29, 0.717) is 30.9 Å². The molecule has 1 amide bonds. The fourth-order valence-electron chi connectivity index (χ4n) is 4.85. The van der Waals surface area contributed by atoms with Crippen molar-refractivity contribution in [3.05, 3.63) is 34.5 Å². The predicted molar refractivity (Wildman–Crippen MR) is 132 cm³/mol. The number of aromatic nitrogens is 2. The monoisotopic (exact) mass is 525 g/mol. The second-order valence-corrected chi connectivity index (χ2v) is 11.0. The normalized spacial score (nSPS) is 24.0. The van der Waals surface area contributed by atoms with Crippen molar-refractivity contribution in [1.82, 2.24) is 15.1 Å². The number of benzene rings is 1. The van der Waals surface area contributed by atoms with E-state index >= 15 is 0 Å². The average Bonchev–Trinajstić information content (AvgIpc) is 3.51. The number of carbonyl (C=O) groups is 1. The Balaban J connectivity index is 1.63. The molecular formula is C26H34ClF2N3O4. The van der Waals surface area contributed by atoms with Crippen LogP contribution in [-0.2, 0) is 6.54 Å². The van der Waals surface area contributed by atoms with Crippen LogP contribution in [0, 0.1) is 11.3 Å². The lowest BCUT2D eigenvalue weighted by Crippen LogP contribution is -2.45. The Bertz CT molecular complexity index is 1110. The van der Waals surface area contributed by atoms with Gasteiger partial charge in [-0.2, -0.15) is 13.9 Å². The lowest BCUT2D eigenvalue weighted by molar-refractivity contribution is -0.0496. The van der Waals surface area contributed by atoms with Crippen LogP contribution in [-0.4, -0.2) is 44.7 Å². The molecule has 0 radical (unpaired) electrons. The van der Waals surface area contributed by atoms with Crippen LogP contribution in [0.4, 0.5) is 8.78 Å². The third-order valence-electron chi connectivity index (χ3n) is 7.68. The first-order valence-corrected chi connectivity index (χ1v) is 12.9. The van der Waals surface area contributed by atoms with Crippen molar-refractivity contribution in [2.24, 2.45) is 11.3 Å². The first-order chi connectivity index (χ1) is 17.0. The number of aryl methyl sites for hydroxylation is 1. The predicted octanol–water partition coefficient (Wildman–Crippen LogP) is 5.33. The SMILES string of the molecule is CCn1nc(C(=O)NCC2(O)CCC(C)CC2)c(Cl)c1-c1ccc([C@@H](O)C2(C)CC2)cc1OC(F)F. The Kier molecular flexibility index (Phi) is 7.65. The molecule has 2 fully saturated rings. The summed E-state index contributed by atoms with van der Waals surface area (Å²) in [6.07, 6.45) is 3.86. The second-order valence-electron chi connectivity index (χ2n) is 10.6. The first kappa shape index (κ1) is 26.8. The summed E-state index contributed by atoms with van der Waals surface area (Å²) in [6.45, 7) is 3.18. The first-order valence-electron chi connectivity index (χ1n) is 12.5. The highest BCUT2D eigenvalue weighted by Gasteiger charge is 2.45. The van der Waals surface area contributed by atoms with Crippen molar-refractivity contribution in [3.63, 3.8) is 0 Å². The van der Waals surface area contributed by atoms with Crippen LogP contribution in [0.5, 0.6) is 5.75 Å². The Hall–Kier alpha value is -2.23. The van der Waals surface area contributed by atoms with E-state index in [-0.39, 0.29) is 39.7 Å². The minimum absolute atomic E-state index is 0.000163. The van der Waals surface area contributed by atoms with Gasteiger partial charge >= 0.3 is 6.61 Å². The number of carbonyl (C=O) groups excluding carboxylic acids is 1. The number of rotatable bonds is 9. The highest BCUT2D eigenvalue weighted by molar-refractivity contribution is 6.36. The van der Waals surface area contributed by atoms with Crippen molar-refractivity contribution < 1.29 is 28.5 Å². The Morgan fingerprint density at radius 1 is 1.31 bits per heavy atom. The standard InChI is InChI=1S/C26H34ClF2N3O4/c1-4-32-21(17-6-5-16(13-18(17)36-24(28)29)22(33)25(3)11-12-25)19(27)20(31-32)23(34)30-14-26(35)9-7-15(2)8-10-26/h5-6,13,15,22,24,33,35H,4,7-12,14H2,1-3H3,(H,30,34)/t15?,22-,26?/m1/s1. The fourth-order valence-corrected chi connectivity index (χ4v) is 5.17. The van der Waals surface area contributed by atoms with Crippen LogP contribution in [0.15, 0.2) is 18.2 Å². The third kappa shape index (κ3) is 5.53. The molecule has 198 valence electrons. The number of nitrogens with zero attached hydrogens (tertiary/aromatic N) is 2. The molecule has 0 saturated heterocycles. The summed E-state index contributed by atoms with van der Waals surface area (Å²) in [5.74, 6) is -0.159. The number of aliphatic hydroxyl groups is 2. The van der Waals surface area contributed by atoms with E-state index in [4.69, 9.17) is 16.3 Å². The maximum absolute atomic E-state index is 13.3. The Labute approximate surface area is 214 Å². The smallest absolute Gasteiger partial charge is 0.387 e. The maximum atomic E-state index is 13.3. The van der Waals surface area contributed by atoms with E-state index in [9.17, 15) is 23.8 Å². The summed E-state index contributed by atoms with van der Waals surface area (Å²) in [4.78, 5) is 13.0. The lowest BCUT2D eigenvalue weighted by Gasteiger charge is -2.34. The molecule has 1 atom stereocenters. The van der Waals surface area contributed by atoms with E-state index in [2.05, 4.69) is 17.3 Å². The van der Waals surface area contributed by atoms with Gasteiger partial charge in [0.1, 0.15) is 5.75 Å². The highest BCUT2D eigenvalue weighted by Crippen LogP contribution is 2.55. The number of halogens is 3. The molecule has 7 nitrogen and oxygen atoms in total. The van der Waals surface area contributed by atoms with Gasteiger partial charge in [0.15, 0.2) is 5.69 Å². The van der Waals surface area contributed by atoms with E-state index < -0.39 is 24.2 Å². The van der Waals surface area contributed by atoms with Gasteiger partial charge in [0.05, 0.1) is 22.4 Å². The van der Waals surface area contributed by atoms with Crippen molar-refractivity contribution in [3.8, 4) is 17.0 Å². The maximum Gasteiger partial charge on any atom is 0.387 e. The van der Waals surface area contributed by atoms with Crippen LogP contribution >= 0.6 is 11.6 Å². The fraction of sp³-hybridized carbons (Fsp3) is 0.615. The molecule has 10 heteroatoms. The molecule has 36 heavy (non-hydrogen) atoms. The second kappa shape index (κ2) is 10.3. The zero-order chi connectivity index (χ0) is 26.3. The molecule has 2 aliphatic carbocycles. The van der Waals surface area contributed by atoms with Crippen LogP contribution in [0.3, 0.4) is 0 Å². The number of hydrogen-bond donors (Lipinski definition) is 3. The topological polar surface area (TPSA) is 96.6 Å². The average molecular weight is 526 g/mol. The number of nitrogens with one attached hydrogen (secondary N) is 1. The molecule has 4 rings (SSSR count). The van der Waals surface area contributed by atoms with Gasteiger partial charge in [0, 0.05) is 18.7 Å². The molecule has 0 spiro atoms. The van der Waals surface area contributed by atoms with Gasteiger partial charge in [-0.25, -0.2) is 0 Å². The zero-order valence-electron chi connectivity index (χ0n) is 20.9. The molecular weight excluding hydrogens is 492 g/mol.